The van der Waals surface area contributed by atoms with Crippen molar-refractivity contribution in [1.29, 1.82) is 0 Å². The highest BCUT2D eigenvalue weighted by Gasteiger charge is 2.13. The summed E-state index contributed by atoms with van der Waals surface area (Å²) in [6.07, 6.45) is 1.80. The van der Waals surface area contributed by atoms with Crippen LogP contribution < -0.4 is 5.32 Å². The number of aromatic nitrogens is 1. The Kier molecular flexibility index (Phi) is 12.8. The van der Waals surface area contributed by atoms with Crippen molar-refractivity contribution in [1.82, 2.24) is 9.88 Å². The molecule has 1 heterocycles. The highest BCUT2D eigenvalue weighted by atomic mass is 79.9. The number of nitrogens with one attached hydrogen (secondary N) is 1. The Bertz CT molecular complexity index is 812. The number of pyridine rings is 1. The molecule has 0 saturated carbocycles. The third-order valence-electron chi connectivity index (χ3n) is 3.17. The van der Waals surface area contributed by atoms with E-state index in [9.17, 15) is 0 Å². The average molecular weight is 500 g/mol. The van der Waals surface area contributed by atoms with Crippen LogP contribution >= 0.6 is 15.9 Å². The number of benzene rings is 1. The van der Waals surface area contributed by atoms with Gasteiger partial charge in [-0.3, -0.25) is 0 Å². The van der Waals surface area contributed by atoms with Crippen LogP contribution in [0.15, 0.2) is 53.1 Å². The van der Waals surface area contributed by atoms with Crippen LogP contribution in [0.25, 0.3) is 0 Å². The molecule has 0 aliphatic rings. The van der Waals surface area contributed by atoms with Crippen LogP contribution in [0.3, 0.4) is 0 Å². The summed E-state index contributed by atoms with van der Waals surface area (Å²) < 4.78 is 1.10. The molecule has 0 fully saturated rings. The Morgan fingerprint density at radius 1 is 0.903 bits per heavy atom. The predicted molar refractivity (Wildman–Crippen MR) is 114 cm³/mol. The molecule has 0 bridgehead atoms. The minimum atomic E-state index is -1.82. The summed E-state index contributed by atoms with van der Waals surface area (Å²) >= 11 is 3.47. The molecular formula is C19H22BrN3O8. The number of anilines is 1. The largest absolute Gasteiger partial charge is 0.473 e. The zero-order chi connectivity index (χ0) is 24.0. The van der Waals surface area contributed by atoms with E-state index in [0.29, 0.717) is 0 Å². The monoisotopic (exact) mass is 499 g/mol. The van der Waals surface area contributed by atoms with E-state index in [4.69, 9.17) is 39.6 Å². The first-order valence-electron chi connectivity index (χ1n) is 8.44. The van der Waals surface area contributed by atoms with Crippen molar-refractivity contribution in [3.63, 3.8) is 0 Å². The Labute approximate surface area is 186 Å². The second-order valence-corrected chi connectivity index (χ2v) is 6.86. The van der Waals surface area contributed by atoms with Gasteiger partial charge in [-0.05, 0) is 43.9 Å². The molecule has 1 unspecified atom stereocenters. The van der Waals surface area contributed by atoms with Crippen molar-refractivity contribution in [3.8, 4) is 0 Å². The van der Waals surface area contributed by atoms with Gasteiger partial charge in [0.1, 0.15) is 5.82 Å². The number of hydrogen-bond acceptors (Lipinski definition) is 7. The molecule has 1 aromatic carbocycles. The van der Waals surface area contributed by atoms with Crippen molar-refractivity contribution in [2.75, 3.05) is 26.0 Å². The average Bonchev–Trinajstić information content (AvgIpc) is 2.69. The SMILES string of the molecule is CN(C)CC(Nc1ccccn1)c1ccc(Br)cc1.O=C(O)C(=O)O.O=C(O)C(=O)O. The van der Waals surface area contributed by atoms with Gasteiger partial charge in [-0.25, -0.2) is 24.2 Å². The maximum atomic E-state index is 9.10. The smallest absolute Gasteiger partial charge is 0.414 e. The fraction of sp³-hybridized carbons (Fsp3) is 0.211. The van der Waals surface area contributed by atoms with E-state index >= 15 is 0 Å². The zero-order valence-corrected chi connectivity index (χ0v) is 18.2. The zero-order valence-electron chi connectivity index (χ0n) is 16.6. The van der Waals surface area contributed by atoms with E-state index in [2.05, 4.69) is 69.5 Å². The van der Waals surface area contributed by atoms with Gasteiger partial charge in [0.2, 0.25) is 0 Å². The predicted octanol–water partition coefficient (Wildman–Crippen LogP) is 1.87. The molecule has 31 heavy (non-hydrogen) atoms. The molecule has 12 heteroatoms. The highest BCUT2D eigenvalue weighted by Crippen LogP contribution is 2.21. The van der Waals surface area contributed by atoms with Crippen LogP contribution in [0.1, 0.15) is 11.6 Å². The molecule has 1 aromatic heterocycles. The molecule has 0 spiro atoms. The number of carbonyl (C=O) groups is 4. The summed E-state index contributed by atoms with van der Waals surface area (Å²) in [5.74, 6) is -6.40. The van der Waals surface area contributed by atoms with Gasteiger partial charge in [-0.15, -0.1) is 0 Å². The van der Waals surface area contributed by atoms with Gasteiger partial charge >= 0.3 is 23.9 Å². The quantitative estimate of drug-likeness (QED) is 0.379. The number of carboxylic acid groups (broad SMARTS) is 4. The van der Waals surface area contributed by atoms with Crippen LogP contribution in [0.4, 0.5) is 5.82 Å². The van der Waals surface area contributed by atoms with Gasteiger partial charge in [0.05, 0.1) is 6.04 Å². The van der Waals surface area contributed by atoms with Crippen molar-refractivity contribution in [3.05, 3.63) is 58.7 Å². The van der Waals surface area contributed by atoms with E-state index in [1.807, 2.05) is 18.2 Å². The first-order chi connectivity index (χ1) is 14.4. The number of hydrogen-bond donors (Lipinski definition) is 5. The molecule has 1 atom stereocenters. The van der Waals surface area contributed by atoms with Crippen molar-refractivity contribution in [2.45, 2.75) is 6.04 Å². The lowest BCUT2D eigenvalue weighted by Gasteiger charge is -2.23. The fourth-order valence-corrected chi connectivity index (χ4v) is 2.19. The van der Waals surface area contributed by atoms with Crippen molar-refractivity contribution < 1.29 is 39.6 Å². The maximum absolute atomic E-state index is 9.10. The van der Waals surface area contributed by atoms with Crippen LogP contribution in [-0.4, -0.2) is 74.8 Å². The van der Waals surface area contributed by atoms with Crippen molar-refractivity contribution in [2.24, 2.45) is 0 Å². The first-order valence-corrected chi connectivity index (χ1v) is 9.23. The van der Waals surface area contributed by atoms with E-state index in [-0.39, 0.29) is 6.04 Å². The fourth-order valence-electron chi connectivity index (χ4n) is 1.92. The van der Waals surface area contributed by atoms with Gasteiger partial charge in [-0.1, -0.05) is 34.1 Å². The van der Waals surface area contributed by atoms with Crippen LogP contribution in [0.2, 0.25) is 0 Å². The molecule has 0 amide bonds. The van der Waals surface area contributed by atoms with Gasteiger partial charge < -0.3 is 30.6 Å². The van der Waals surface area contributed by atoms with Crippen LogP contribution in [-0.2, 0) is 19.2 Å². The number of aliphatic carboxylic acids is 4. The van der Waals surface area contributed by atoms with E-state index < -0.39 is 23.9 Å². The maximum Gasteiger partial charge on any atom is 0.414 e. The minimum Gasteiger partial charge on any atom is -0.473 e. The molecule has 0 aliphatic heterocycles. The van der Waals surface area contributed by atoms with Crippen LogP contribution in [0, 0.1) is 0 Å². The number of halogens is 1. The Balaban J connectivity index is 0.000000620. The van der Waals surface area contributed by atoms with E-state index in [1.54, 1.807) is 6.20 Å². The summed E-state index contributed by atoms with van der Waals surface area (Å²) in [5.41, 5.74) is 1.25. The summed E-state index contributed by atoms with van der Waals surface area (Å²) in [4.78, 5) is 42.9. The summed E-state index contributed by atoms with van der Waals surface area (Å²) in [6.45, 7) is 0.915. The lowest BCUT2D eigenvalue weighted by Crippen LogP contribution is -2.25. The molecule has 2 rings (SSSR count). The summed E-state index contributed by atoms with van der Waals surface area (Å²) in [6, 6.07) is 14.5. The Morgan fingerprint density at radius 3 is 1.74 bits per heavy atom. The van der Waals surface area contributed by atoms with Gasteiger partial charge in [-0.2, -0.15) is 0 Å². The molecule has 2 aromatic rings. The lowest BCUT2D eigenvalue weighted by molar-refractivity contribution is -0.159. The number of carboxylic acids is 4. The molecular weight excluding hydrogens is 478 g/mol. The van der Waals surface area contributed by atoms with E-state index in [1.165, 1.54) is 5.56 Å². The highest BCUT2D eigenvalue weighted by molar-refractivity contribution is 9.10. The summed E-state index contributed by atoms with van der Waals surface area (Å²) in [7, 11) is 4.15. The van der Waals surface area contributed by atoms with Gasteiger partial charge in [0.15, 0.2) is 0 Å². The van der Waals surface area contributed by atoms with Gasteiger partial charge in [0.25, 0.3) is 0 Å². The number of likely N-dealkylation sites (N-methyl/N-ethyl adjacent to an activating group) is 1. The number of nitrogens with zero attached hydrogens (tertiary/aromatic N) is 2. The van der Waals surface area contributed by atoms with Gasteiger partial charge in [0, 0.05) is 17.2 Å². The molecule has 0 aliphatic carbocycles. The molecule has 11 nitrogen and oxygen atoms in total. The molecule has 168 valence electrons. The number of rotatable bonds is 5. The Morgan fingerprint density at radius 2 is 1.39 bits per heavy atom. The Hall–Kier alpha value is -3.51. The summed E-state index contributed by atoms with van der Waals surface area (Å²) in [5, 5.41) is 33.0. The van der Waals surface area contributed by atoms with E-state index in [0.717, 1.165) is 16.8 Å². The van der Waals surface area contributed by atoms with Crippen molar-refractivity contribution >= 4 is 45.6 Å². The third-order valence-corrected chi connectivity index (χ3v) is 3.70. The minimum absolute atomic E-state index is 0.220. The topological polar surface area (TPSA) is 177 Å². The molecule has 0 radical (unpaired) electrons. The lowest BCUT2D eigenvalue weighted by atomic mass is 10.1. The first kappa shape index (κ1) is 27.5. The molecule has 0 saturated heterocycles. The second-order valence-electron chi connectivity index (χ2n) is 5.95. The van der Waals surface area contributed by atoms with Crippen LogP contribution in [0.5, 0.6) is 0 Å². The third kappa shape index (κ3) is 13.4. The standard InChI is InChI=1S/C15H18BrN3.2C2H2O4/c1-19(2)11-14(12-6-8-13(16)9-7-12)18-15-5-3-4-10-17-15;2*3-1(4)2(5)6/h3-10,14H,11H2,1-2H3,(H,17,18);2*(H,3,4)(H,5,6). The molecule has 5 N–H and O–H groups in total. The normalized spacial score (nSPS) is 10.5. The second kappa shape index (κ2) is 14.5.